The Labute approximate surface area is 225 Å². The quantitative estimate of drug-likeness (QED) is 0.393. The van der Waals surface area contributed by atoms with Crippen molar-refractivity contribution in [3.8, 4) is 0 Å². The Hall–Kier alpha value is -4.03. The van der Waals surface area contributed by atoms with Crippen LogP contribution >= 0.6 is 0 Å². The summed E-state index contributed by atoms with van der Waals surface area (Å²) in [7, 11) is 5.47. The molecule has 2 heterocycles. The number of benzene rings is 2. The van der Waals surface area contributed by atoms with E-state index >= 15 is 0 Å². The van der Waals surface area contributed by atoms with Crippen molar-refractivity contribution in [2.24, 2.45) is 12.8 Å². The van der Waals surface area contributed by atoms with Crippen LogP contribution in [0, 0.1) is 6.92 Å². The van der Waals surface area contributed by atoms with Crippen molar-refractivity contribution in [1.82, 2.24) is 20.1 Å². The Balaban J connectivity index is 1.61. The molecular weight excluding hydrogens is 509 g/mol. The molecule has 2 aromatic carbocycles. The van der Waals surface area contributed by atoms with Crippen molar-refractivity contribution in [3.63, 3.8) is 0 Å². The lowest BCUT2D eigenvalue weighted by Crippen LogP contribution is -2.44. The Kier molecular flexibility index (Phi) is 8.17. The number of amides is 1. The van der Waals surface area contributed by atoms with Gasteiger partial charge in [0.1, 0.15) is 0 Å². The summed E-state index contributed by atoms with van der Waals surface area (Å²) < 4.78 is 42.8. The number of rotatable bonds is 7. The molecule has 0 bridgehead atoms. The zero-order valence-electron chi connectivity index (χ0n) is 22.4. The number of likely N-dealkylation sites (N-methyl/N-ethyl adjacent to an activating group) is 1. The molecule has 0 spiro atoms. The zero-order valence-corrected chi connectivity index (χ0v) is 22.4. The third-order valence-corrected chi connectivity index (χ3v) is 6.65. The van der Waals surface area contributed by atoms with Gasteiger partial charge in [-0.3, -0.25) is 14.5 Å². The van der Waals surface area contributed by atoms with Gasteiger partial charge in [-0.15, -0.1) is 0 Å². The van der Waals surface area contributed by atoms with E-state index in [9.17, 15) is 18.0 Å². The van der Waals surface area contributed by atoms with Gasteiger partial charge >= 0.3 is 6.18 Å². The highest BCUT2D eigenvalue weighted by Crippen LogP contribution is 2.35. The largest absolute Gasteiger partial charge is 0.416 e. The van der Waals surface area contributed by atoms with Gasteiger partial charge in [-0.25, -0.2) is 5.43 Å². The summed E-state index contributed by atoms with van der Waals surface area (Å²) in [5.41, 5.74) is 12.0. The maximum atomic E-state index is 13.7. The number of nitrogens with one attached hydrogen (secondary N) is 2. The summed E-state index contributed by atoms with van der Waals surface area (Å²) in [6.45, 7) is 4.56. The highest BCUT2D eigenvalue weighted by atomic mass is 19.4. The SMILES string of the molecule is CNN(/C=C(\N)c1cnn(C)c1)c1cc(C(=O)Nc2cc(N3CCN(C)CC3)cc(C(F)(F)F)c2)ccc1C. The van der Waals surface area contributed by atoms with Crippen LogP contribution < -0.4 is 26.4 Å². The minimum absolute atomic E-state index is 0.0806. The number of piperazine rings is 1. The van der Waals surface area contributed by atoms with Crippen LogP contribution in [0.4, 0.5) is 30.2 Å². The molecule has 1 fully saturated rings. The molecule has 1 aliphatic heterocycles. The molecule has 9 nitrogen and oxygen atoms in total. The van der Waals surface area contributed by atoms with Crippen molar-refractivity contribution < 1.29 is 18.0 Å². The monoisotopic (exact) mass is 542 g/mol. The number of hydrogen-bond acceptors (Lipinski definition) is 7. The summed E-state index contributed by atoms with van der Waals surface area (Å²) in [5.74, 6) is -0.528. The molecule has 4 N–H and O–H groups in total. The Morgan fingerprint density at radius 2 is 1.79 bits per heavy atom. The fraction of sp³-hybridized carbons (Fsp3) is 0.333. The molecule has 3 aromatic rings. The highest BCUT2D eigenvalue weighted by Gasteiger charge is 2.32. The lowest BCUT2D eigenvalue weighted by molar-refractivity contribution is -0.137. The van der Waals surface area contributed by atoms with Crippen LogP contribution in [0.25, 0.3) is 5.70 Å². The van der Waals surface area contributed by atoms with E-state index < -0.39 is 17.6 Å². The summed E-state index contributed by atoms with van der Waals surface area (Å²) >= 11 is 0. The van der Waals surface area contributed by atoms with Crippen molar-refractivity contribution in [1.29, 1.82) is 0 Å². The second kappa shape index (κ2) is 11.4. The van der Waals surface area contributed by atoms with Crippen LogP contribution in [0.2, 0.25) is 0 Å². The van der Waals surface area contributed by atoms with Crippen LogP contribution in [0.5, 0.6) is 0 Å². The number of nitrogens with two attached hydrogens (primary N) is 1. The van der Waals surface area contributed by atoms with Crippen LogP contribution in [-0.4, -0.2) is 60.9 Å². The first kappa shape index (κ1) is 28.0. The van der Waals surface area contributed by atoms with E-state index in [4.69, 9.17) is 5.73 Å². The van der Waals surface area contributed by atoms with Crippen LogP contribution in [0.1, 0.15) is 27.0 Å². The second-order valence-corrected chi connectivity index (χ2v) is 9.59. The molecule has 1 aliphatic rings. The average molecular weight is 543 g/mol. The van der Waals surface area contributed by atoms with Crippen molar-refractivity contribution in [2.75, 3.05) is 55.5 Å². The third-order valence-electron chi connectivity index (χ3n) is 6.65. The normalized spacial score (nSPS) is 14.9. The number of alkyl halides is 3. The summed E-state index contributed by atoms with van der Waals surface area (Å²) in [4.78, 5) is 17.2. The number of nitrogens with zero attached hydrogens (tertiary/aromatic N) is 5. The summed E-state index contributed by atoms with van der Waals surface area (Å²) in [5, 5.41) is 8.46. The number of hydrogen-bond donors (Lipinski definition) is 3. The van der Waals surface area contributed by atoms with Gasteiger partial charge in [0.15, 0.2) is 0 Å². The third kappa shape index (κ3) is 6.70. The van der Waals surface area contributed by atoms with Gasteiger partial charge in [-0.1, -0.05) is 6.07 Å². The molecule has 1 amide bonds. The summed E-state index contributed by atoms with van der Waals surface area (Å²) in [6.07, 6.45) is 0.548. The van der Waals surface area contributed by atoms with Crippen molar-refractivity contribution >= 4 is 28.7 Å². The molecule has 1 saturated heterocycles. The Morgan fingerprint density at radius 1 is 1.08 bits per heavy atom. The summed E-state index contributed by atoms with van der Waals surface area (Å²) in [6, 6.07) is 8.74. The van der Waals surface area contributed by atoms with Gasteiger partial charge in [-0.2, -0.15) is 18.3 Å². The van der Waals surface area contributed by atoms with E-state index in [0.717, 1.165) is 36.3 Å². The van der Waals surface area contributed by atoms with Gasteiger partial charge in [0, 0.05) is 75.2 Å². The molecular formula is C27H33F3N8O. The number of anilines is 3. The maximum absolute atomic E-state index is 13.7. The van der Waals surface area contributed by atoms with Gasteiger partial charge < -0.3 is 20.9 Å². The first-order valence-corrected chi connectivity index (χ1v) is 12.5. The number of aromatic nitrogens is 2. The topological polar surface area (TPSA) is 94.7 Å². The van der Waals surface area contributed by atoms with Crippen LogP contribution in [0.15, 0.2) is 55.0 Å². The van der Waals surface area contributed by atoms with Crippen LogP contribution in [0.3, 0.4) is 0 Å². The molecule has 208 valence electrons. The standard InChI is InChI=1S/C27H33F3N8O/c1-18-5-6-19(11-25(18)38(32-2)17-24(31)20-15-33-36(4)16-20)26(39)34-22-12-21(27(28,29)30)13-23(14-22)37-9-7-35(3)8-10-37/h5-6,11-17,32H,7-10,31H2,1-4H3,(H,34,39)/b24-17-. The Morgan fingerprint density at radius 3 is 2.41 bits per heavy atom. The molecule has 4 rings (SSSR count). The molecule has 0 aliphatic carbocycles. The first-order valence-electron chi connectivity index (χ1n) is 12.5. The zero-order chi connectivity index (χ0) is 28.3. The lowest BCUT2D eigenvalue weighted by atomic mass is 10.1. The number of aryl methyl sites for hydroxylation is 2. The average Bonchev–Trinajstić information content (AvgIpc) is 3.33. The van der Waals surface area contributed by atoms with E-state index in [1.54, 1.807) is 66.6 Å². The molecule has 0 radical (unpaired) electrons. The molecule has 39 heavy (non-hydrogen) atoms. The van der Waals surface area contributed by atoms with E-state index in [1.807, 2.05) is 18.9 Å². The van der Waals surface area contributed by atoms with Crippen LogP contribution in [-0.2, 0) is 13.2 Å². The maximum Gasteiger partial charge on any atom is 0.416 e. The van der Waals surface area contributed by atoms with Gasteiger partial charge in [0.2, 0.25) is 0 Å². The number of carbonyl (C=O) groups is 1. The first-order chi connectivity index (χ1) is 18.4. The predicted molar refractivity (Wildman–Crippen MR) is 147 cm³/mol. The molecule has 1 aromatic heterocycles. The Bertz CT molecular complexity index is 1360. The second-order valence-electron chi connectivity index (χ2n) is 9.59. The number of hydrazine groups is 1. The minimum Gasteiger partial charge on any atom is -0.397 e. The molecule has 12 heteroatoms. The molecule has 0 saturated carbocycles. The van der Waals surface area contributed by atoms with Crippen molar-refractivity contribution in [3.05, 3.63) is 77.2 Å². The minimum atomic E-state index is -4.55. The molecule has 0 unspecified atom stereocenters. The number of halogens is 3. The van der Waals surface area contributed by atoms with Crippen molar-refractivity contribution in [2.45, 2.75) is 13.1 Å². The van der Waals surface area contributed by atoms with Gasteiger partial charge in [-0.05, 0) is 49.9 Å². The fourth-order valence-corrected chi connectivity index (χ4v) is 4.35. The van der Waals surface area contributed by atoms with E-state index in [-0.39, 0.29) is 11.3 Å². The fourth-order valence-electron chi connectivity index (χ4n) is 4.35. The predicted octanol–water partition coefficient (Wildman–Crippen LogP) is 3.65. The van der Waals surface area contributed by atoms with E-state index in [2.05, 4.69) is 20.7 Å². The smallest absolute Gasteiger partial charge is 0.397 e. The van der Waals surface area contributed by atoms with Gasteiger partial charge in [0.05, 0.1) is 23.1 Å². The molecule has 0 atom stereocenters. The number of carbonyl (C=O) groups excluding carboxylic acids is 1. The van der Waals surface area contributed by atoms with Gasteiger partial charge in [0.25, 0.3) is 5.91 Å². The lowest BCUT2D eigenvalue weighted by Gasteiger charge is -2.34. The highest BCUT2D eigenvalue weighted by molar-refractivity contribution is 6.05. The van der Waals surface area contributed by atoms with E-state index in [0.29, 0.717) is 30.2 Å². The van der Waals surface area contributed by atoms with E-state index in [1.165, 1.54) is 0 Å².